The molecular weight excluding hydrogens is 644 g/mol. The van der Waals surface area contributed by atoms with Crippen molar-refractivity contribution >= 4 is 39.4 Å². The van der Waals surface area contributed by atoms with E-state index in [0.29, 0.717) is 21.6 Å². The summed E-state index contributed by atoms with van der Waals surface area (Å²) in [5.74, 6) is -0.328. The van der Waals surface area contributed by atoms with E-state index in [1.807, 2.05) is 84.9 Å². The number of hydrogen-bond donors (Lipinski definition) is 3. The first-order valence-electron chi connectivity index (χ1n) is 16.2. The number of halogens is 1. The van der Waals surface area contributed by atoms with Gasteiger partial charge in [0, 0.05) is 28.4 Å². The number of aromatic nitrogens is 5. The molecule has 0 aliphatic rings. The van der Waals surface area contributed by atoms with Gasteiger partial charge >= 0.3 is 0 Å². The molecule has 1 atom stereocenters. The summed E-state index contributed by atoms with van der Waals surface area (Å²) in [6, 6.07) is 45.4. The zero-order chi connectivity index (χ0) is 34.1. The lowest BCUT2D eigenvalue weighted by Crippen LogP contribution is -2.38. The number of aliphatic hydroxyl groups is 1. The Labute approximate surface area is 293 Å². The van der Waals surface area contributed by atoms with Crippen LogP contribution < -0.4 is 5.32 Å². The van der Waals surface area contributed by atoms with Crippen LogP contribution in [0, 0.1) is 0 Å². The second kappa shape index (κ2) is 13.1. The van der Waals surface area contributed by atoms with Crippen LogP contribution in [0.1, 0.15) is 38.9 Å². The van der Waals surface area contributed by atoms with Crippen molar-refractivity contribution < 1.29 is 9.90 Å². The Morgan fingerprint density at radius 1 is 0.800 bits per heavy atom. The Morgan fingerprint density at radius 2 is 1.42 bits per heavy atom. The van der Waals surface area contributed by atoms with Crippen LogP contribution in [0.15, 0.2) is 152 Å². The number of carbonyl (C=O) groups excluding carboxylic acids is 1. The quantitative estimate of drug-likeness (QED) is 0.135. The van der Waals surface area contributed by atoms with Gasteiger partial charge in [-0.15, -0.1) is 0 Å². The number of fused-ring (bicyclic) bond motifs is 2. The fourth-order valence-electron chi connectivity index (χ4n) is 6.79. The van der Waals surface area contributed by atoms with Crippen LogP contribution in [-0.4, -0.2) is 42.4 Å². The van der Waals surface area contributed by atoms with Gasteiger partial charge in [0.1, 0.15) is 11.2 Å². The highest BCUT2D eigenvalue weighted by atomic mass is 35.5. The van der Waals surface area contributed by atoms with E-state index < -0.39 is 17.5 Å². The first kappa shape index (κ1) is 31.2. The first-order chi connectivity index (χ1) is 24.6. The lowest BCUT2D eigenvalue weighted by Gasteiger charge is -2.37. The van der Waals surface area contributed by atoms with Gasteiger partial charge in [0.15, 0.2) is 5.82 Å². The molecule has 0 spiro atoms. The van der Waals surface area contributed by atoms with Gasteiger partial charge in [0.25, 0.3) is 5.91 Å². The van der Waals surface area contributed by atoms with Crippen LogP contribution in [0.2, 0.25) is 5.02 Å². The van der Waals surface area contributed by atoms with Gasteiger partial charge in [-0.05, 0) is 58.7 Å². The smallest absolute Gasteiger partial charge is 0.287 e. The molecule has 8 nitrogen and oxygen atoms in total. The summed E-state index contributed by atoms with van der Waals surface area (Å²) < 4.78 is 2.10. The molecule has 0 aliphatic heterocycles. The van der Waals surface area contributed by atoms with Crippen molar-refractivity contribution in [1.82, 2.24) is 30.0 Å². The first-order valence-corrected chi connectivity index (χ1v) is 16.6. The number of hydrogen-bond acceptors (Lipinski definition) is 5. The van der Waals surface area contributed by atoms with Gasteiger partial charge in [0.2, 0.25) is 0 Å². The van der Waals surface area contributed by atoms with Crippen molar-refractivity contribution in [3.05, 3.63) is 185 Å². The summed E-state index contributed by atoms with van der Waals surface area (Å²) in [5, 5.41) is 19.8. The van der Waals surface area contributed by atoms with E-state index >= 15 is 0 Å². The average molecular weight is 675 g/mol. The molecule has 1 amide bonds. The standard InChI is InChI=1S/C41H31ClN6O2/c42-32-18-10-11-28(23-32)36(26-49)46-40(50)39-44-34-24-33-37(25-35(34)45-39)48(47-38(33)27-19-21-43-22-20-27)41(29-12-4-1-5-13-29,30-14-6-2-7-15-30)31-16-8-3-9-17-31/h1-25,36,49H,26H2,(H,44,45)(H,46,50). The molecule has 3 N–H and O–H groups in total. The molecule has 0 bridgehead atoms. The third-order valence-electron chi connectivity index (χ3n) is 9.08. The molecule has 0 saturated carbocycles. The summed E-state index contributed by atoms with van der Waals surface area (Å²) in [5.41, 5.74) is 6.66. The number of imidazole rings is 1. The Morgan fingerprint density at radius 3 is 2.00 bits per heavy atom. The molecule has 5 aromatic carbocycles. The van der Waals surface area contributed by atoms with Crippen molar-refractivity contribution in [2.75, 3.05) is 6.61 Å². The number of aromatic amines is 1. The highest BCUT2D eigenvalue weighted by molar-refractivity contribution is 6.30. The summed E-state index contributed by atoms with van der Waals surface area (Å²) in [7, 11) is 0. The van der Waals surface area contributed by atoms with E-state index in [-0.39, 0.29) is 12.4 Å². The molecule has 244 valence electrons. The molecule has 0 radical (unpaired) electrons. The maximum absolute atomic E-state index is 13.6. The second-order valence-corrected chi connectivity index (χ2v) is 12.5. The van der Waals surface area contributed by atoms with Gasteiger partial charge in [0.05, 0.1) is 29.2 Å². The minimum atomic E-state index is -0.882. The van der Waals surface area contributed by atoms with Gasteiger partial charge < -0.3 is 15.4 Å². The number of amides is 1. The molecule has 50 heavy (non-hydrogen) atoms. The fourth-order valence-corrected chi connectivity index (χ4v) is 6.99. The SMILES string of the molecule is O=C(NC(CO)c1cccc(Cl)c1)c1nc2cc3c(-c4ccncc4)nn(C(c4ccccc4)(c4ccccc4)c4ccccc4)c3cc2[nH]1. The van der Waals surface area contributed by atoms with E-state index in [2.05, 4.69) is 56.4 Å². The van der Waals surface area contributed by atoms with Crippen LogP contribution in [0.25, 0.3) is 33.2 Å². The third kappa shape index (κ3) is 5.41. The zero-order valence-electron chi connectivity index (χ0n) is 26.7. The van der Waals surface area contributed by atoms with Crippen LogP contribution in [-0.2, 0) is 5.54 Å². The third-order valence-corrected chi connectivity index (χ3v) is 9.32. The summed E-state index contributed by atoms with van der Waals surface area (Å²) in [4.78, 5) is 25.8. The van der Waals surface area contributed by atoms with Crippen molar-refractivity contribution in [2.45, 2.75) is 11.6 Å². The van der Waals surface area contributed by atoms with Gasteiger partial charge in [-0.2, -0.15) is 5.10 Å². The predicted octanol–water partition coefficient (Wildman–Crippen LogP) is 7.93. The second-order valence-electron chi connectivity index (χ2n) is 12.0. The van der Waals surface area contributed by atoms with E-state index in [9.17, 15) is 9.90 Å². The number of nitrogens with one attached hydrogen (secondary N) is 2. The molecule has 0 fully saturated rings. The Hall–Kier alpha value is -6.09. The van der Waals surface area contributed by atoms with Crippen molar-refractivity contribution in [3.63, 3.8) is 0 Å². The van der Waals surface area contributed by atoms with Gasteiger partial charge in [-0.25, -0.2) is 9.67 Å². The number of rotatable bonds is 9. The molecule has 3 heterocycles. The van der Waals surface area contributed by atoms with E-state index in [1.54, 1.807) is 30.6 Å². The largest absolute Gasteiger partial charge is 0.394 e. The molecule has 0 aliphatic carbocycles. The molecule has 3 aromatic heterocycles. The van der Waals surface area contributed by atoms with Crippen molar-refractivity contribution in [1.29, 1.82) is 0 Å². The van der Waals surface area contributed by atoms with Gasteiger partial charge in [-0.3, -0.25) is 9.78 Å². The minimum absolute atomic E-state index is 0.124. The lowest BCUT2D eigenvalue weighted by molar-refractivity contribution is 0.0907. The number of benzene rings is 5. The maximum Gasteiger partial charge on any atom is 0.287 e. The summed E-state index contributed by atoms with van der Waals surface area (Å²) in [6.07, 6.45) is 3.51. The minimum Gasteiger partial charge on any atom is -0.394 e. The summed E-state index contributed by atoms with van der Waals surface area (Å²) in [6.45, 7) is -0.304. The predicted molar refractivity (Wildman–Crippen MR) is 196 cm³/mol. The number of pyridine rings is 1. The van der Waals surface area contributed by atoms with E-state index in [4.69, 9.17) is 21.7 Å². The normalized spacial score (nSPS) is 12.3. The highest BCUT2D eigenvalue weighted by Gasteiger charge is 2.41. The number of H-pyrrole nitrogens is 1. The molecule has 8 rings (SSSR count). The summed E-state index contributed by atoms with van der Waals surface area (Å²) >= 11 is 6.19. The van der Waals surface area contributed by atoms with Crippen LogP contribution in [0.5, 0.6) is 0 Å². The lowest BCUT2D eigenvalue weighted by atomic mass is 9.77. The topological polar surface area (TPSA) is 109 Å². The molecule has 1 unspecified atom stereocenters. The Kier molecular flexibility index (Phi) is 8.16. The van der Waals surface area contributed by atoms with Gasteiger partial charge in [-0.1, -0.05) is 115 Å². The Bertz CT molecular complexity index is 2330. The zero-order valence-corrected chi connectivity index (χ0v) is 27.5. The van der Waals surface area contributed by atoms with Crippen LogP contribution in [0.4, 0.5) is 0 Å². The molecule has 8 aromatic rings. The highest BCUT2D eigenvalue weighted by Crippen LogP contribution is 2.44. The van der Waals surface area contributed by atoms with Crippen molar-refractivity contribution in [2.24, 2.45) is 0 Å². The molecule has 9 heteroatoms. The molecular formula is C41H31ClN6O2. The van der Waals surface area contributed by atoms with E-state index in [1.165, 1.54) is 0 Å². The van der Waals surface area contributed by atoms with Crippen molar-refractivity contribution in [3.8, 4) is 11.3 Å². The van der Waals surface area contributed by atoms with Crippen LogP contribution >= 0.6 is 11.6 Å². The van der Waals surface area contributed by atoms with Crippen LogP contribution in [0.3, 0.4) is 0 Å². The number of carbonyl (C=O) groups is 1. The molecule has 0 saturated heterocycles. The van der Waals surface area contributed by atoms with E-state index in [0.717, 1.165) is 38.9 Å². The number of aliphatic hydroxyl groups excluding tert-OH is 1. The maximum atomic E-state index is 13.6. The average Bonchev–Trinajstić information content (AvgIpc) is 3.76. The fraction of sp³-hybridized carbons (Fsp3) is 0.0732. The monoisotopic (exact) mass is 674 g/mol. The number of nitrogens with zero attached hydrogens (tertiary/aromatic N) is 4. The Balaban J connectivity index is 1.37.